The van der Waals surface area contributed by atoms with Crippen LogP contribution in [0.4, 0.5) is 18.9 Å². The normalized spacial score (nSPS) is 17.1. The van der Waals surface area contributed by atoms with Gasteiger partial charge in [0.15, 0.2) is 0 Å². The van der Waals surface area contributed by atoms with Crippen LogP contribution in [0.15, 0.2) is 12.1 Å². The number of alkyl halides is 3. The lowest BCUT2D eigenvalue weighted by molar-refractivity contribution is -0.647. The average molecular weight is 471 g/mol. The lowest BCUT2D eigenvalue weighted by Gasteiger charge is -2.38. The van der Waals surface area contributed by atoms with Crippen LogP contribution in [0, 0.1) is 10.4 Å². The van der Waals surface area contributed by atoms with Crippen LogP contribution in [0.2, 0.25) is 5.02 Å². The van der Waals surface area contributed by atoms with E-state index in [9.17, 15) is 33.5 Å². The van der Waals surface area contributed by atoms with Gasteiger partial charge < -0.3 is 25.7 Å². The van der Waals surface area contributed by atoms with Crippen molar-refractivity contribution in [2.24, 2.45) is 0 Å². The molecule has 1 unspecified atom stereocenters. The van der Waals surface area contributed by atoms with Crippen LogP contribution in [0.1, 0.15) is 29.5 Å². The fourth-order valence-electron chi connectivity index (χ4n) is 3.56. The largest absolute Gasteiger partial charge is 0.618 e. The van der Waals surface area contributed by atoms with Gasteiger partial charge in [-0.1, -0.05) is 11.6 Å². The van der Waals surface area contributed by atoms with E-state index in [1.54, 1.807) is 4.90 Å². The number of aliphatic hydroxyl groups is 1. The van der Waals surface area contributed by atoms with Gasteiger partial charge in [-0.2, -0.15) is 17.9 Å². The molecule has 1 aromatic carbocycles. The van der Waals surface area contributed by atoms with Crippen molar-refractivity contribution in [1.29, 1.82) is 0 Å². The molecule has 0 amide bonds. The SMILES string of the molecule is CC(=O)c1c(C(F)(F)F)[n+]([O-])c2cc(N3CCNCC3CCO)c(Cl)cc2[n+]1[O-].Cl. The third-order valence-corrected chi connectivity index (χ3v) is 5.14. The molecule has 1 saturated heterocycles. The number of benzene rings is 1. The molecule has 1 fully saturated rings. The Kier molecular flexibility index (Phi) is 7.23. The molecule has 1 aliphatic heterocycles. The van der Waals surface area contributed by atoms with Crippen molar-refractivity contribution < 1.29 is 32.5 Å². The van der Waals surface area contributed by atoms with Crippen molar-refractivity contribution in [1.82, 2.24) is 5.32 Å². The third-order valence-electron chi connectivity index (χ3n) is 4.84. The second-order valence-corrected chi connectivity index (χ2v) is 7.10. The summed E-state index contributed by atoms with van der Waals surface area (Å²) in [6, 6.07) is 1.99. The molecule has 1 aliphatic rings. The average Bonchev–Trinajstić information content (AvgIpc) is 2.63. The van der Waals surface area contributed by atoms with Gasteiger partial charge in [0.1, 0.15) is 0 Å². The van der Waals surface area contributed by atoms with Crippen LogP contribution in [-0.2, 0) is 6.18 Å². The lowest BCUT2D eigenvalue weighted by Crippen LogP contribution is -2.52. The highest BCUT2D eigenvalue weighted by molar-refractivity contribution is 6.34. The molecule has 0 spiro atoms. The summed E-state index contributed by atoms with van der Waals surface area (Å²) in [5, 5.41) is 37.6. The number of nitrogens with one attached hydrogen (secondary N) is 1. The second-order valence-electron chi connectivity index (χ2n) is 6.70. The van der Waals surface area contributed by atoms with Gasteiger partial charge in [-0.05, 0) is 6.42 Å². The maximum Gasteiger partial charge on any atom is 0.486 e. The smallest absolute Gasteiger partial charge is 0.486 e. The maximum atomic E-state index is 13.5. The van der Waals surface area contributed by atoms with Crippen molar-refractivity contribution in [2.45, 2.75) is 25.6 Å². The number of ketones is 1. The lowest BCUT2D eigenvalue weighted by atomic mass is 10.1. The van der Waals surface area contributed by atoms with Gasteiger partial charge in [0, 0.05) is 51.3 Å². The molecule has 166 valence electrons. The zero-order valence-corrected chi connectivity index (χ0v) is 17.3. The standard InChI is InChI=1S/C17H18ClF3N4O4.ClH/c1-9(27)15-16(17(19,20)21)25(29)14-7-12(11(18)6-13(14)24(15)28)23-4-3-22-8-10(23)2-5-26;/h6-7,10,22,26H,2-5,8H2,1H3;1H. The van der Waals surface area contributed by atoms with E-state index >= 15 is 0 Å². The van der Waals surface area contributed by atoms with Crippen molar-refractivity contribution in [3.63, 3.8) is 0 Å². The number of hydrogen-bond acceptors (Lipinski definition) is 6. The Morgan fingerprint density at radius 2 is 1.97 bits per heavy atom. The fourth-order valence-corrected chi connectivity index (χ4v) is 3.83. The minimum atomic E-state index is -5.21. The predicted octanol–water partition coefficient (Wildman–Crippen LogP) is 1.56. The molecule has 0 bridgehead atoms. The number of piperazine rings is 1. The molecule has 0 saturated carbocycles. The van der Waals surface area contributed by atoms with E-state index in [1.807, 2.05) is 0 Å². The molecule has 30 heavy (non-hydrogen) atoms. The van der Waals surface area contributed by atoms with Crippen LogP contribution >= 0.6 is 24.0 Å². The first kappa shape index (κ1) is 24.2. The minimum Gasteiger partial charge on any atom is -0.618 e. The molecular formula is C17H19Cl2F3N4O4. The maximum absolute atomic E-state index is 13.5. The van der Waals surface area contributed by atoms with Gasteiger partial charge >= 0.3 is 17.6 Å². The van der Waals surface area contributed by atoms with Crippen LogP contribution in [0.5, 0.6) is 0 Å². The van der Waals surface area contributed by atoms with Gasteiger partial charge in [0.05, 0.1) is 10.7 Å². The zero-order valence-electron chi connectivity index (χ0n) is 15.7. The number of hydrogen-bond donors (Lipinski definition) is 2. The van der Waals surface area contributed by atoms with E-state index in [4.69, 9.17) is 11.6 Å². The topological polar surface area (TPSA) is 106 Å². The predicted molar refractivity (Wildman–Crippen MR) is 105 cm³/mol. The van der Waals surface area contributed by atoms with Crippen LogP contribution in [0.3, 0.4) is 0 Å². The van der Waals surface area contributed by atoms with E-state index in [2.05, 4.69) is 5.32 Å². The quantitative estimate of drug-likeness (QED) is 0.399. The molecule has 1 aromatic heterocycles. The number of carbonyl (C=O) groups excluding carboxylic acids is 1. The summed E-state index contributed by atoms with van der Waals surface area (Å²) in [7, 11) is 0. The van der Waals surface area contributed by atoms with Gasteiger partial charge in [-0.15, -0.1) is 17.1 Å². The number of fused-ring (bicyclic) bond motifs is 1. The van der Waals surface area contributed by atoms with E-state index in [-0.39, 0.29) is 40.5 Å². The number of carbonyl (C=O) groups is 1. The fraction of sp³-hybridized carbons (Fsp3) is 0.471. The Labute approximate surface area is 180 Å². The Bertz CT molecular complexity index is 973. The van der Waals surface area contributed by atoms with Gasteiger partial charge in [-0.25, -0.2) is 0 Å². The Morgan fingerprint density at radius 1 is 1.33 bits per heavy atom. The third kappa shape index (κ3) is 4.20. The first-order valence-corrected chi connectivity index (χ1v) is 9.14. The van der Waals surface area contributed by atoms with Crippen molar-refractivity contribution in [3.05, 3.63) is 39.0 Å². The molecule has 0 radical (unpaired) electrons. The molecule has 2 heterocycles. The second kappa shape index (κ2) is 8.96. The van der Waals surface area contributed by atoms with Crippen molar-refractivity contribution >= 4 is 46.5 Å². The van der Waals surface area contributed by atoms with Gasteiger partial charge in [-0.3, -0.25) is 4.79 Å². The number of aliphatic hydroxyl groups excluding tert-OH is 1. The van der Waals surface area contributed by atoms with Crippen molar-refractivity contribution in [3.8, 4) is 0 Å². The Balaban J connectivity index is 0.00000320. The van der Waals surface area contributed by atoms with Gasteiger partial charge in [0.2, 0.25) is 5.78 Å². The number of rotatable bonds is 4. The number of Topliss-reactive ketones (excluding diaryl/α,β-unsaturated/α-hetero) is 1. The monoisotopic (exact) mass is 470 g/mol. The molecule has 1 atom stereocenters. The van der Waals surface area contributed by atoms with Crippen LogP contribution in [-0.4, -0.2) is 43.2 Å². The molecule has 0 aliphatic carbocycles. The summed E-state index contributed by atoms with van der Waals surface area (Å²) in [5.41, 5.74) is -3.89. The summed E-state index contributed by atoms with van der Waals surface area (Å²) in [5.74, 6) is -1.19. The van der Waals surface area contributed by atoms with E-state index in [0.717, 1.165) is 19.1 Å². The van der Waals surface area contributed by atoms with E-state index in [0.29, 0.717) is 26.1 Å². The number of anilines is 1. The summed E-state index contributed by atoms with van der Waals surface area (Å²) >= 11 is 6.29. The molecule has 13 heteroatoms. The van der Waals surface area contributed by atoms with E-state index in [1.165, 1.54) is 0 Å². The minimum absolute atomic E-state index is 0. The molecular weight excluding hydrogens is 452 g/mol. The number of aromatic nitrogens is 2. The summed E-state index contributed by atoms with van der Waals surface area (Å²) in [6.45, 7) is 2.17. The molecule has 3 rings (SSSR count). The molecule has 2 aromatic rings. The van der Waals surface area contributed by atoms with Crippen LogP contribution < -0.4 is 19.7 Å². The zero-order chi connectivity index (χ0) is 21.5. The molecule has 8 nitrogen and oxygen atoms in total. The van der Waals surface area contributed by atoms with Crippen LogP contribution in [0.25, 0.3) is 11.0 Å². The Hall–Kier alpha value is -2.08. The highest BCUT2D eigenvalue weighted by Gasteiger charge is 2.50. The summed E-state index contributed by atoms with van der Waals surface area (Å²) in [4.78, 5) is 13.5. The summed E-state index contributed by atoms with van der Waals surface area (Å²) in [6.07, 6.45) is -4.84. The number of nitrogens with zero attached hydrogens (tertiary/aromatic N) is 3. The van der Waals surface area contributed by atoms with Gasteiger partial charge in [0.25, 0.3) is 11.0 Å². The highest BCUT2D eigenvalue weighted by atomic mass is 35.5. The van der Waals surface area contributed by atoms with E-state index < -0.39 is 39.1 Å². The van der Waals surface area contributed by atoms with Crippen molar-refractivity contribution in [2.75, 3.05) is 31.1 Å². The number of halogens is 5. The first-order chi connectivity index (χ1) is 13.6. The highest BCUT2D eigenvalue weighted by Crippen LogP contribution is 2.34. The summed E-state index contributed by atoms with van der Waals surface area (Å²) < 4.78 is 39.8. The first-order valence-electron chi connectivity index (χ1n) is 8.76. The Morgan fingerprint density at radius 3 is 2.53 bits per heavy atom. The molecule has 2 N–H and O–H groups in total.